The fraction of sp³-hybridized carbons (Fsp3) is 0.632. The van der Waals surface area contributed by atoms with Crippen molar-refractivity contribution in [1.29, 1.82) is 0 Å². The van der Waals surface area contributed by atoms with Crippen LogP contribution >= 0.6 is 11.6 Å². The number of hydrogen-bond acceptors (Lipinski definition) is 3. The summed E-state index contributed by atoms with van der Waals surface area (Å²) in [4.78, 5) is 14.1. The minimum Gasteiger partial charge on any atom is -0.346 e. The zero-order chi connectivity index (χ0) is 17.5. The first-order valence-electron chi connectivity index (χ1n) is 8.97. The predicted molar refractivity (Wildman–Crippen MR) is 99.9 cm³/mol. The van der Waals surface area contributed by atoms with Gasteiger partial charge in [0.25, 0.3) is 0 Å². The van der Waals surface area contributed by atoms with Gasteiger partial charge in [-0.15, -0.1) is 0 Å². The first-order valence-corrected chi connectivity index (χ1v) is 9.34. The van der Waals surface area contributed by atoms with Gasteiger partial charge in [-0.3, -0.25) is 15.6 Å². The van der Waals surface area contributed by atoms with Gasteiger partial charge in [0.1, 0.15) is 0 Å². The van der Waals surface area contributed by atoms with E-state index in [4.69, 9.17) is 11.6 Å². The summed E-state index contributed by atoms with van der Waals surface area (Å²) in [5.74, 6) is 0.881. The lowest BCUT2D eigenvalue weighted by atomic mass is 9.91. The standard InChI is InChI=1S/C19H30ClN3O/c1-14-18(15(2)22-21-14)7-5-13-23(3)19(24)8-4-6-16-9-11-17(20)12-10-16/h9-12,14-15,18,21-22H,4-8,13H2,1-3H3. The quantitative estimate of drug-likeness (QED) is 0.754. The van der Waals surface area contributed by atoms with Gasteiger partial charge in [0, 0.05) is 37.1 Å². The van der Waals surface area contributed by atoms with E-state index in [1.54, 1.807) is 0 Å². The average molecular weight is 352 g/mol. The molecule has 2 rings (SSSR count). The molecule has 1 saturated heterocycles. The lowest BCUT2D eigenvalue weighted by molar-refractivity contribution is -0.130. The number of amides is 1. The number of nitrogens with one attached hydrogen (secondary N) is 2. The van der Waals surface area contributed by atoms with E-state index in [2.05, 4.69) is 24.7 Å². The molecule has 0 radical (unpaired) electrons. The van der Waals surface area contributed by atoms with Crippen LogP contribution in [0.1, 0.15) is 45.1 Å². The van der Waals surface area contributed by atoms with Crippen LogP contribution in [0.15, 0.2) is 24.3 Å². The van der Waals surface area contributed by atoms with Crippen molar-refractivity contribution in [3.05, 3.63) is 34.9 Å². The summed E-state index contributed by atoms with van der Waals surface area (Å²) in [7, 11) is 1.92. The average Bonchev–Trinajstić information content (AvgIpc) is 2.88. The molecule has 134 valence electrons. The molecule has 1 aliphatic heterocycles. The Morgan fingerprint density at radius 3 is 2.38 bits per heavy atom. The lowest BCUT2D eigenvalue weighted by Crippen LogP contribution is -2.30. The fourth-order valence-corrected chi connectivity index (χ4v) is 3.51. The summed E-state index contributed by atoms with van der Waals surface area (Å²) >= 11 is 5.88. The lowest BCUT2D eigenvalue weighted by Gasteiger charge is -2.21. The predicted octanol–water partition coefficient (Wildman–Crippen LogP) is 3.40. The van der Waals surface area contributed by atoms with Crippen molar-refractivity contribution in [2.45, 2.75) is 58.0 Å². The first kappa shape index (κ1) is 19.2. The van der Waals surface area contributed by atoms with E-state index in [1.165, 1.54) is 5.56 Å². The Labute approximate surface area is 150 Å². The number of benzene rings is 1. The highest BCUT2D eigenvalue weighted by atomic mass is 35.5. The van der Waals surface area contributed by atoms with Crippen LogP contribution < -0.4 is 10.9 Å². The van der Waals surface area contributed by atoms with Crippen LogP contribution in [0.4, 0.5) is 0 Å². The zero-order valence-corrected chi connectivity index (χ0v) is 15.8. The third-order valence-electron chi connectivity index (χ3n) is 5.05. The Bertz CT molecular complexity index is 510. The van der Waals surface area contributed by atoms with Gasteiger partial charge in [0.05, 0.1) is 0 Å². The summed E-state index contributed by atoms with van der Waals surface area (Å²) in [6, 6.07) is 8.87. The van der Waals surface area contributed by atoms with E-state index in [0.29, 0.717) is 24.4 Å². The zero-order valence-electron chi connectivity index (χ0n) is 15.0. The number of carbonyl (C=O) groups is 1. The van der Waals surface area contributed by atoms with Crippen LogP contribution in [0.2, 0.25) is 5.02 Å². The van der Waals surface area contributed by atoms with E-state index >= 15 is 0 Å². The molecule has 4 nitrogen and oxygen atoms in total. The highest BCUT2D eigenvalue weighted by molar-refractivity contribution is 6.30. The van der Waals surface area contributed by atoms with Crippen LogP contribution in [-0.2, 0) is 11.2 Å². The maximum absolute atomic E-state index is 12.2. The number of hydrogen-bond donors (Lipinski definition) is 2. The molecule has 0 aliphatic carbocycles. The number of halogens is 1. The summed E-state index contributed by atoms with van der Waals surface area (Å²) in [5.41, 5.74) is 7.81. The smallest absolute Gasteiger partial charge is 0.222 e. The Morgan fingerprint density at radius 2 is 1.75 bits per heavy atom. The van der Waals surface area contributed by atoms with Gasteiger partial charge in [-0.05, 0) is 63.1 Å². The molecule has 1 fully saturated rings. The number of aryl methyl sites for hydroxylation is 1. The second-order valence-electron chi connectivity index (χ2n) is 6.97. The molecule has 24 heavy (non-hydrogen) atoms. The normalized spacial score (nSPS) is 23.4. The summed E-state index contributed by atoms with van der Waals surface area (Å²) in [6.07, 6.45) is 4.62. The van der Waals surface area contributed by atoms with Crippen LogP contribution in [0.5, 0.6) is 0 Å². The number of nitrogens with zero attached hydrogens (tertiary/aromatic N) is 1. The molecule has 2 atom stereocenters. The van der Waals surface area contributed by atoms with Crippen LogP contribution in [-0.4, -0.2) is 36.5 Å². The Balaban J connectivity index is 1.62. The fourth-order valence-electron chi connectivity index (χ4n) is 3.38. The molecule has 0 aromatic heterocycles. The molecular formula is C19H30ClN3O. The maximum Gasteiger partial charge on any atom is 0.222 e. The minimum atomic E-state index is 0.243. The van der Waals surface area contributed by atoms with Gasteiger partial charge in [-0.25, -0.2) is 0 Å². The SMILES string of the molecule is CC1NNC(C)C1CCCN(C)C(=O)CCCc1ccc(Cl)cc1. The molecule has 0 saturated carbocycles. The monoisotopic (exact) mass is 351 g/mol. The van der Waals surface area contributed by atoms with Gasteiger partial charge in [-0.1, -0.05) is 23.7 Å². The molecule has 5 heteroatoms. The van der Waals surface area contributed by atoms with Crippen molar-refractivity contribution >= 4 is 17.5 Å². The van der Waals surface area contributed by atoms with E-state index in [1.807, 2.05) is 36.2 Å². The van der Waals surface area contributed by atoms with Crippen molar-refractivity contribution in [2.75, 3.05) is 13.6 Å². The van der Waals surface area contributed by atoms with Gasteiger partial charge in [0.15, 0.2) is 0 Å². The van der Waals surface area contributed by atoms with Crippen molar-refractivity contribution in [1.82, 2.24) is 15.8 Å². The second-order valence-corrected chi connectivity index (χ2v) is 7.40. The van der Waals surface area contributed by atoms with Gasteiger partial charge in [-0.2, -0.15) is 0 Å². The summed E-state index contributed by atoms with van der Waals surface area (Å²) in [5, 5.41) is 0.755. The van der Waals surface area contributed by atoms with E-state index in [9.17, 15) is 4.79 Å². The van der Waals surface area contributed by atoms with E-state index in [-0.39, 0.29) is 5.91 Å². The van der Waals surface area contributed by atoms with Crippen LogP contribution in [0.25, 0.3) is 0 Å². The Hall–Kier alpha value is -1.10. The largest absolute Gasteiger partial charge is 0.346 e. The Morgan fingerprint density at radius 1 is 1.12 bits per heavy atom. The minimum absolute atomic E-state index is 0.243. The van der Waals surface area contributed by atoms with Crippen molar-refractivity contribution < 1.29 is 4.79 Å². The van der Waals surface area contributed by atoms with Gasteiger partial charge >= 0.3 is 0 Å². The number of carbonyl (C=O) groups excluding carboxylic acids is 1. The Kier molecular flexibility index (Phi) is 7.53. The topological polar surface area (TPSA) is 44.4 Å². The summed E-state index contributed by atoms with van der Waals surface area (Å²) < 4.78 is 0. The molecule has 0 bridgehead atoms. The molecule has 1 aromatic carbocycles. The highest BCUT2D eigenvalue weighted by Gasteiger charge is 2.29. The van der Waals surface area contributed by atoms with E-state index < -0.39 is 0 Å². The van der Waals surface area contributed by atoms with Crippen LogP contribution in [0.3, 0.4) is 0 Å². The molecule has 1 amide bonds. The molecule has 1 aromatic rings. The van der Waals surface area contributed by atoms with Crippen molar-refractivity contribution in [3.8, 4) is 0 Å². The van der Waals surface area contributed by atoms with Crippen molar-refractivity contribution in [2.24, 2.45) is 5.92 Å². The third kappa shape index (κ3) is 5.76. The molecule has 2 N–H and O–H groups in total. The maximum atomic E-state index is 12.2. The molecule has 2 unspecified atom stereocenters. The molecule has 0 spiro atoms. The summed E-state index contributed by atoms with van der Waals surface area (Å²) in [6.45, 7) is 5.27. The van der Waals surface area contributed by atoms with E-state index in [0.717, 1.165) is 37.3 Å². The first-order chi connectivity index (χ1) is 11.5. The molecular weight excluding hydrogens is 322 g/mol. The number of rotatable bonds is 8. The van der Waals surface area contributed by atoms with Gasteiger partial charge in [0.2, 0.25) is 5.91 Å². The number of hydrazine groups is 1. The highest BCUT2D eigenvalue weighted by Crippen LogP contribution is 2.20. The van der Waals surface area contributed by atoms with Crippen molar-refractivity contribution in [3.63, 3.8) is 0 Å². The third-order valence-corrected chi connectivity index (χ3v) is 5.30. The second kappa shape index (κ2) is 9.40. The van der Waals surface area contributed by atoms with Crippen LogP contribution in [0, 0.1) is 5.92 Å². The molecule has 1 aliphatic rings. The van der Waals surface area contributed by atoms with Gasteiger partial charge < -0.3 is 4.90 Å². The molecule has 1 heterocycles.